The monoisotopic (exact) mass is 279 g/mol. The van der Waals surface area contributed by atoms with Crippen LogP contribution in [0.25, 0.3) is 0 Å². The Bertz CT molecular complexity index is 409. The maximum Gasteiger partial charge on any atom is 0.0380 e. The zero-order chi connectivity index (χ0) is 11.8. The molecule has 0 aliphatic heterocycles. The van der Waals surface area contributed by atoms with Crippen LogP contribution < -0.4 is 5.32 Å². The van der Waals surface area contributed by atoms with E-state index < -0.39 is 0 Å². The fourth-order valence-corrected chi connectivity index (χ4v) is 2.75. The highest BCUT2D eigenvalue weighted by atomic mass is 79.9. The van der Waals surface area contributed by atoms with Crippen LogP contribution in [-0.2, 0) is 6.42 Å². The first-order valence-corrected chi connectivity index (χ1v) is 6.44. The fraction of sp³-hybridized carbons (Fsp3) is 0.429. The Morgan fingerprint density at radius 1 is 1.50 bits per heavy atom. The van der Waals surface area contributed by atoms with Gasteiger partial charge in [0.05, 0.1) is 0 Å². The van der Waals surface area contributed by atoms with Crippen molar-refractivity contribution in [3.05, 3.63) is 46.5 Å². The van der Waals surface area contributed by atoms with Crippen LogP contribution in [0, 0.1) is 5.41 Å². The van der Waals surface area contributed by atoms with Crippen LogP contribution >= 0.6 is 15.9 Å². The second kappa shape index (κ2) is 4.34. The summed E-state index contributed by atoms with van der Waals surface area (Å²) >= 11 is 3.40. The number of halogens is 1. The summed E-state index contributed by atoms with van der Waals surface area (Å²) in [5, 5.41) is 3.58. The minimum absolute atomic E-state index is 0.284. The number of hydrogen-bond acceptors (Lipinski definition) is 1. The van der Waals surface area contributed by atoms with Crippen molar-refractivity contribution in [1.82, 2.24) is 5.32 Å². The summed E-state index contributed by atoms with van der Waals surface area (Å²) in [7, 11) is 0. The third-order valence-corrected chi connectivity index (χ3v) is 3.57. The standard InChI is InChI=1S/C14H18BrN/c1-10(15)9-16-13-12-7-5-4-6-11(12)8-14(13,2)3/h4-7,13,16H,1,8-9H2,2-3H3. The van der Waals surface area contributed by atoms with E-state index in [0.29, 0.717) is 6.04 Å². The predicted molar refractivity (Wildman–Crippen MR) is 72.7 cm³/mol. The highest BCUT2D eigenvalue weighted by Gasteiger charge is 2.38. The van der Waals surface area contributed by atoms with Crippen LogP contribution in [0.2, 0.25) is 0 Å². The molecule has 1 aliphatic rings. The topological polar surface area (TPSA) is 12.0 Å². The molecule has 0 saturated carbocycles. The van der Waals surface area contributed by atoms with Gasteiger partial charge in [0.25, 0.3) is 0 Å². The first kappa shape index (κ1) is 11.9. The second-order valence-electron chi connectivity index (χ2n) is 5.20. The average molecular weight is 280 g/mol. The largest absolute Gasteiger partial charge is 0.305 e. The Hall–Kier alpha value is -0.600. The lowest BCUT2D eigenvalue weighted by Gasteiger charge is -2.28. The number of benzene rings is 1. The molecule has 0 spiro atoms. The van der Waals surface area contributed by atoms with E-state index in [1.807, 2.05) is 0 Å². The summed E-state index contributed by atoms with van der Waals surface area (Å²) in [6, 6.07) is 9.15. The molecule has 1 N–H and O–H groups in total. The maximum atomic E-state index is 3.87. The molecule has 0 saturated heterocycles. The Balaban J connectivity index is 2.24. The van der Waals surface area contributed by atoms with E-state index in [1.54, 1.807) is 0 Å². The summed E-state index contributed by atoms with van der Waals surface area (Å²) < 4.78 is 1.01. The van der Waals surface area contributed by atoms with Gasteiger partial charge in [-0.05, 0) is 23.0 Å². The number of hydrogen-bond donors (Lipinski definition) is 1. The van der Waals surface area contributed by atoms with E-state index in [-0.39, 0.29) is 5.41 Å². The lowest BCUT2D eigenvalue weighted by molar-refractivity contribution is 0.276. The molecule has 2 rings (SSSR count). The van der Waals surface area contributed by atoms with Crippen LogP contribution in [0.5, 0.6) is 0 Å². The molecule has 1 aromatic carbocycles. The van der Waals surface area contributed by atoms with Gasteiger partial charge in [-0.1, -0.05) is 60.6 Å². The SMILES string of the molecule is C=C(Br)CNC1c2ccccc2CC1(C)C. The third-order valence-electron chi connectivity index (χ3n) is 3.29. The van der Waals surface area contributed by atoms with Gasteiger partial charge >= 0.3 is 0 Å². The molecule has 0 radical (unpaired) electrons. The molecule has 1 aliphatic carbocycles. The molecule has 0 amide bonds. The molecule has 0 fully saturated rings. The summed E-state index contributed by atoms with van der Waals surface area (Å²) in [4.78, 5) is 0. The summed E-state index contributed by atoms with van der Waals surface area (Å²) in [5.41, 5.74) is 3.21. The molecule has 2 heteroatoms. The van der Waals surface area contributed by atoms with E-state index >= 15 is 0 Å². The molecule has 0 bridgehead atoms. The van der Waals surface area contributed by atoms with Crippen molar-refractivity contribution in [2.24, 2.45) is 5.41 Å². The highest BCUT2D eigenvalue weighted by molar-refractivity contribution is 9.11. The van der Waals surface area contributed by atoms with Crippen LogP contribution in [0.1, 0.15) is 31.0 Å². The Kier molecular flexibility index (Phi) is 3.22. The van der Waals surface area contributed by atoms with E-state index in [1.165, 1.54) is 11.1 Å². The molecule has 1 unspecified atom stereocenters. The molecule has 1 atom stereocenters. The first-order valence-electron chi connectivity index (χ1n) is 5.65. The van der Waals surface area contributed by atoms with Gasteiger partial charge in [0.15, 0.2) is 0 Å². The zero-order valence-electron chi connectivity index (χ0n) is 9.89. The molecule has 0 heterocycles. The molecular formula is C14H18BrN. The number of fused-ring (bicyclic) bond motifs is 1. The summed E-state index contributed by atoms with van der Waals surface area (Å²) in [6.45, 7) is 9.34. The Morgan fingerprint density at radius 2 is 2.19 bits per heavy atom. The van der Waals surface area contributed by atoms with Crippen LogP contribution in [0.3, 0.4) is 0 Å². The van der Waals surface area contributed by atoms with Gasteiger partial charge in [-0.2, -0.15) is 0 Å². The summed E-state index contributed by atoms with van der Waals surface area (Å²) in [6.07, 6.45) is 1.15. The molecule has 1 nitrogen and oxygen atoms in total. The molecule has 0 aromatic heterocycles. The Morgan fingerprint density at radius 3 is 2.88 bits per heavy atom. The molecule has 16 heavy (non-hydrogen) atoms. The van der Waals surface area contributed by atoms with Gasteiger partial charge < -0.3 is 5.32 Å². The quantitative estimate of drug-likeness (QED) is 0.887. The van der Waals surface area contributed by atoms with E-state index in [2.05, 4.69) is 65.9 Å². The summed E-state index contributed by atoms with van der Waals surface area (Å²) in [5.74, 6) is 0. The van der Waals surface area contributed by atoms with Crippen molar-refractivity contribution in [2.75, 3.05) is 6.54 Å². The number of rotatable bonds is 3. The van der Waals surface area contributed by atoms with Crippen molar-refractivity contribution in [3.8, 4) is 0 Å². The second-order valence-corrected chi connectivity index (χ2v) is 6.32. The molecule has 86 valence electrons. The predicted octanol–water partition coefficient (Wildman–Crippen LogP) is 3.81. The van der Waals surface area contributed by atoms with Crippen molar-refractivity contribution < 1.29 is 0 Å². The van der Waals surface area contributed by atoms with Crippen LogP contribution in [0.15, 0.2) is 35.3 Å². The molecule has 1 aromatic rings. The van der Waals surface area contributed by atoms with E-state index in [0.717, 1.165) is 17.4 Å². The van der Waals surface area contributed by atoms with Gasteiger partial charge in [0.2, 0.25) is 0 Å². The van der Waals surface area contributed by atoms with Crippen molar-refractivity contribution in [3.63, 3.8) is 0 Å². The van der Waals surface area contributed by atoms with Crippen LogP contribution in [0.4, 0.5) is 0 Å². The average Bonchev–Trinajstić information content (AvgIpc) is 2.44. The smallest absolute Gasteiger partial charge is 0.0380 e. The molecular weight excluding hydrogens is 262 g/mol. The van der Waals surface area contributed by atoms with E-state index in [9.17, 15) is 0 Å². The van der Waals surface area contributed by atoms with Gasteiger partial charge in [0, 0.05) is 17.1 Å². The van der Waals surface area contributed by atoms with E-state index in [4.69, 9.17) is 0 Å². The number of nitrogens with one attached hydrogen (secondary N) is 1. The lowest BCUT2D eigenvalue weighted by Crippen LogP contribution is -2.31. The van der Waals surface area contributed by atoms with Crippen molar-refractivity contribution in [1.29, 1.82) is 0 Å². The first-order chi connectivity index (χ1) is 7.50. The highest BCUT2D eigenvalue weighted by Crippen LogP contribution is 2.44. The maximum absolute atomic E-state index is 3.87. The van der Waals surface area contributed by atoms with Gasteiger partial charge in [0.1, 0.15) is 0 Å². The minimum Gasteiger partial charge on any atom is -0.305 e. The minimum atomic E-state index is 0.284. The lowest BCUT2D eigenvalue weighted by atomic mass is 9.85. The van der Waals surface area contributed by atoms with Crippen molar-refractivity contribution in [2.45, 2.75) is 26.3 Å². The fourth-order valence-electron chi connectivity index (χ4n) is 2.59. The van der Waals surface area contributed by atoms with Crippen LogP contribution in [-0.4, -0.2) is 6.54 Å². The zero-order valence-corrected chi connectivity index (χ0v) is 11.5. The Labute approximate surface area is 106 Å². The normalized spacial score (nSPS) is 21.8. The van der Waals surface area contributed by atoms with Crippen molar-refractivity contribution >= 4 is 15.9 Å². The third kappa shape index (κ3) is 2.23. The van der Waals surface area contributed by atoms with Gasteiger partial charge in [-0.15, -0.1) is 0 Å². The van der Waals surface area contributed by atoms with Gasteiger partial charge in [-0.3, -0.25) is 0 Å². The van der Waals surface area contributed by atoms with Gasteiger partial charge in [-0.25, -0.2) is 0 Å².